The first-order valence-corrected chi connectivity index (χ1v) is 9.20. The largest absolute Gasteiger partial charge is 0.297 e. The third-order valence-electron chi connectivity index (χ3n) is 5.02. The zero-order valence-electron chi connectivity index (χ0n) is 15.5. The molecule has 1 aliphatic heterocycles. The normalized spacial score (nSPS) is 18.9. The Morgan fingerprint density at radius 1 is 1.16 bits per heavy atom. The van der Waals surface area contributed by atoms with Crippen LogP contribution in [-0.4, -0.2) is 28.8 Å². The molecule has 1 aromatic heterocycles. The van der Waals surface area contributed by atoms with Crippen molar-refractivity contribution in [3.63, 3.8) is 0 Å². The second-order valence-corrected chi connectivity index (χ2v) is 8.09. The molecule has 25 heavy (non-hydrogen) atoms. The molecule has 132 valence electrons. The first-order valence-electron chi connectivity index (χ1n) is 9.20. The summed E-state index contributed by atoms with van der Waals surface area (Å²) >= 11 is 0. The fourth-order valence-corrected chi connectivity index (χ4v) is 3.50. The summed E-state index contributed by atoms with van der Waals surface area (Å²) in [6.07, 6.45) is 3.89. The van der Waals surface area contributed by atoms with Crippen LogP contribution >= 0.6 is 0 Å². The SMILES string of the molecule is CC(C)(C)c1ccc(C(=O)[C@@H]2CCCN(Cc3ccccn3)C2)cc1. The number of piperidine rings is 1. The number of aromatic nitrogens is 1. The molecule has 3 rings (SSSR count). The second-order valence-electron chi connectivity index (χ2n) is 8.09. The summed E-state index contributed by atoms with van der Waals surface area (Å²) < 4.78 is 0. The van der Waals surface area contributed by atoms with Crippen LogP contribution in [0.4, 0.5) is 0 Å². The van der Waals surface area contributed by atoms with Crippen molar-refractivity contribution >= 4 is 5.78 Å². The maximum Gasteiger partial charge on any atom is 0.167 e. The third-order valence-corrected chi connectivity index (χ3v) is 5.02. The van der Waals surface area contributed by atoms with E-state index in [4.69, 9.17) is 0 Å². The minimum atomic E-state index is 0.0953. The Morgan fingerprint density at radius 2 is 1.92 bits per heavy atom. The molecule has 1 aromatic carbocycles. The van der Waals surface area contributed by atoms with Gasteiger partial charge in [0, 0.05) is 30.8 Å². The van der Waals surface area contributed by atoms with Crippen LogP contribution in [0.2, 0.25) is 0 Å². The fourth-order valence-electron chi connectivity index (χ4n) is 3.50. The average molecular weight is 336 g/mol. The predicted octanol–water partition coefficient (Wildman–Crippen LogP) is 4.47. The Bertz CT molecular complexity index is 701. The van der Waals surface area contributed by atoms with Crippen molar-refractivity contribution in [2.24, 2.45) is 5.92 Å². The third kappa shape index (κ3) is 4.55. The summed E-state index contributed by atoms with van der Waals surface area (Å²) in [6, 6.07) is 14.2. The predicted molar refractivity (Wildman–Crippen MR) is 102 cm³/mol. The van der Waals surface area contributed by atoms with Crippen molar-refractivity contribution in [1.82, 2.24) is 9.88 Å². The van der Waals surface area contributed by atoms with Crippen LogP contribution in [0, 0.1) is 5.92 Å². The van der Waals surface area contributed by atoms with E-state index in [0.29, 0.717) is 0 Å². The van der Waals surface area contributed by atoms with Crippen LogP contribution in [-0.2, 0) is 12.0 Å². The molecule has 0 aliphatic carbocycles. The molecular formula is C22H28N2O. The molecule has 1 saturated heterocycles. The number of rotatable bonds is 4. The molecule has 1 aliphatic rings. The Balaban J connectivity index is 1.65. The number of hydrogen-bond acceptors (Lipinski definition) is 3. The van der Waals surface area contributed by atoms with Crippen molar-refractivity contribution in [3.05, 3.63) is 65.5 Å². The highest BCUT2D eigenvalue weighted by atomic mass is 16.1. The van der Waals surface area contributed by atoms with E-state index in [1.807, 2.05) is 30.5 Å². The number of benzene rings is 1. The Labute approximate surface area is 151 Å². The van der Waals surface area contributed by atoms with Gasteiger partial charge in [0.2, 0.25) is 0 Å². The van der Waals surface area contributed by atoms with Crippen LogP contribution in [0.3, 0.4) is 0 Å². The molecule has 0 amide bonds. The first-order chi connectivity index (χ1) is 11.9. The summed E-state index contributed by atoms with van der Waals surface area (Å²) in [5.74, 6) is 0.379. The number of carbonyl (C=O) groups excluding carboxylic acids is 1. The number of hydrogen-bond donors (Lipinski definition) is 0. The van der Waals surface area contributed by atoms with Gasteiger partial charge in [-0.05, 0) is 42.5 Å². The maximum absolute atomic E-state index is 12.9. The van der Waals surface area contributed by atoms with E-state index in [9.17, 15) is 4.79 Å². The van der Waals surface area contributed by atoms with Gasteiger partial charge in [0.25, 0.3) is 0 Å². The van der Waals surface area contributed by atoms with E-state index in [0.717, 1.165) is 43.7 Å². The van der Waals surface area contributed by atoms with Crippen LogP contribution in [0.1, 0.15) is 55.2 Å². The van der Waals surface area contributed by atoms with Gasteiger partial charge in [-0.25, -0.2) is 0 Å². The molecular weight excluding hydrogens is 308 g/mol. The van der Waals surface area contributed by atoms with Gasteiger partial charge in [-0.3, -0.25) is 14.7 Å². The minimum Gasteiger partial charge on any atom is -0.297 e. The van der Waals surface area contributed by atoms with E-state index in [2.05, 4.69) is 48.9 Å². The van der Waals surface area contributed by atoms with E-state index < -0.39 is 0 Å². The summed E-state index contributed by atoms with van der Waals surface area (Å²) in [5, 5.41) is 0. The topological polar surface area (TPSA) is 33.2 Å². The van der Waals surface area contributed by atoms with Crippen LogP contribution in [0.25, 0.3) is 0 Å². The van der Waals surface area contributed by atoms with Crippen molar-refractivity contribution in [1.29, 1.82) is 0 Å². The van der Waals surface area contributed by atoms with Gasteiger partial charge in [-0.15, -0.1) is 0 Å². The van der Waals surface area contributed by atoms with Gasteiger partial charge >= 0.3 is 0 Å². The smallest absolute Gasteiger partial charge is 0.167 e. The van der Waals surface area contributed by atoms with Crippen molar-refractivity contribution in [2.45, 2.75) is 45.6 Å². The Kier molecular flexibility index (Phi) is 5.33. The van der Waals surface area contributed by atoms with Gasteiger partial charge in [0.15, 0.2) is 5.78 Å². The highest BCUT2D eigenvalue weighted by molar-refractivity contribution is 5.98. The highest BCUT2D eigenvalue weighted by Crippen LogP contribution is 2.25. The Hall–Kier alpha value is -2.00. The van der Waals surface area contributed by atoms with Gasteiger partial charge in [-0.2, -0.15) is 0 Å². The van der Waals surface area contributed by atoms with E-state index in [1.165, 1.54) is 5.56 Å². The zero-order valence-corrected chi connectivity index (χ0v) is 15.5. The fraction of sp³-hybridized carbons (Fsp3) is 0.455. The number of pyridine rings is 1. The molecule has 1 atom stereocenters. The molecule has 2 aromatic rings. The van der Waals surface area contributed by atoms with Crippen molar-refractivity contribution in [3.8, 4) is 0 Å². The average Bonchev–Trinajstić information content (AvgIpc) is 2.61. The van der Waals surface area contributed by atoms with Gasteiger partial charge < -0.3 is 0 Å². The number of likely N-dealkylation sites (tertiary alicyclic amines) is 1. The molecule has 3 nitrogen and oxygen atoms in total. The number of carbonyl (C=O) groups is 1. The molecule has 0 radical (unpaired) electrons. The van der Waals surface area contributed by atoms with Crippen LogP contribution in [0.15, 0.2) is 48.7 Å². The van der Waals surface area contributed by atoms with Gasteiger partial charge in [-0.1, -0.05) is 51.1 Å². The molecule has 0 saturated carbocycles. The molecule has 0 N–H and O–H groups in total. The van der Waals surface area contributed by atoms with Crippen LogP contribution in [0.5, 0.6) is 0 Å². The molecule has 0 unspecified atom stereocenters. The lowest BCUT2D eigenvalue weighted by atomic mass is 9.85. The number of ketones is 1. The zero-order chi connectivity index (χ0) is 17.9. The minimum absolute atomic E-state index is 0.0953. The van der Waals surface area contributed by atoms with Crippen molar-refractivity contribution in [2.75, 3.05) is 13.1 Å². The van der Waals surface area contributed by atoms with Gasteiger partial charge in [0.05, 0.1) is 5.69 Å². The standard InChI is InChI=1S/C22H28N2O/c1-22(2,3)19-11-9-17(10-12-19)21(25)18-7-6-14-24(15-18)16-20-8-4-5-13-23-20/h4-5,8-13,18H,6-7,14-16H2,1-3H3/t18-/m1/s1. The lowest BCUT2D eigenvalue weighted by Gasteiger charge is -2.31. The van der Waals surface area contributed by atoms with E-state index in [1.54, 1.807) is 0 Å². The quantitative estimate of drug-likeness (QED) is 0.772. The maximum atomic E-state index is 12.9. The molecule has 0 bridgehead atoms. The molecule has 3 heteroatoms. The Morgan fingerprint density at radius 3 is 2.56 bits per heavy atom. The lowest BCUT2D eigenvalue weighted by molar-refractivity contribution is 0.0810. The van der Waals surface area contributed by atoms with E-state index >= 15 is 0 Å². The summed E-state index contributed by atoms with van der Waals surface area (Å²) in [4.78, 5) is 19.7. The highest BCUT2D eigenvalue weighted by Gasteiger charge is 2.27. The summed E-state index contributed by atoms with van der Waals surface area (Å²) in [6.45, 7) is 9.29. The first kappa shape index (κ1) is 17.8. The van der Waals surface area contributed by atoms with E-state index in [-0.39, 0.29) is 17.1 Å². The molecule has 2 heterocycles. The molecule has 1 fully saturated rings. The van der Waals surface area contributed by atoms with Crippen molar-refractivity contribution < 1.29 is 4.79 Å². The number of nitrogens with zero attached hydrogens (tertiary/aromatic N) is 2. The monoisotopic (exact) mass is 336 g/mol. The summed E-state index contributed by atoms with van der Waals surface area (Å²) in [7, 11) is 0. The lowest BCUT2D eigenvalue weighted by Crippen LogP contribution is -2.38. The molecule has 0 spiro atoms. The van der Waals surface area contributed by atoms with Gasteiger partial charge in [0.1, 0.15) is 0 Å². The second kappa shape index (κ2) is 7.49. The number of Topliss-reactive ketones (excluding diaryl/α,β-unsaturated/α-hetero) is 1. The summed E-state index contributed by atoms with van der Waals surface area (Å²) in [5.41, 5.74) is 3.30. The van der Waals surface area contributed by atoms with Crippen LogP contribution < -0.4 is 0 Å².